The van der Waals surface area contributed by atoms with E-state index in [1.807, 2.05) is 43.3 Å². The summed E-state index contributed by atoms with van der Waals surface area (Å²) in [6.45, 7) is 3.60. The molecule has 0 saturated heterocycles. The first-order chi connectivity index (χ1) is 8.06. The zero-order chi connectivity index (χ0) is 12.9. The zero-order valence-electron chi connectivity index (χ0n) is 9.79. The van der Waals surface area contributed by atoms with Crippen molar-refractivity contribution in [2.75, 3.05) is 6.61 Å². The number of rotatable bonds is 5. The average Bonchev–Trinajstić information content (AvgIpc) is 2.31. The Morgan fingerprint density at radius 2 is 2.12 bits per heavy atom. The van der Waals surface area contributed by atoms with Crippen LogP contribution < -0.4 is 5.30 Å². The maximum atomic E-state index is 11.5. The zero-order valence-corrected chi connectivity index (χ0v) is 11.5. The van der Waals surface area contributed by atoms with Crippen molar-refractivity contribution in [2.24, 2.45) is 0 Å². The maximum absolute atomic E-state index is 11.5. The van der Waals surface area contributed by atoms with E-state index in [4.69, 9.17) is 21.6 Å². The van der Waals surface area contributed by atoms with Crippen LogP contribution in [-0.4, -0.2) is 18.0 Å². The summed E-state index contributed by atoms with van der Waals surface area (Å²) in [5, 5.41) is 9.91. The summed E-state index contributed by atoms with van der Waals surface area (Å²) in [4.78, 5) is 11.5. The van der Waals surface area contributed by atoms with Gasteiger partial charge in [0, 0.05) is 11.9 Å². The quantitative estimate of drug-likeness (QED) is 0.768. The van der Waals surface area contributed by atoms with E-state index in [2.05, 4.69) is 0 Å². The van der Waals surface area contributed by atoms with Crippen LogP contribution in [0.3, 0.4) is 0 Å². The number of carbonyl (C=O) groups excluding carboxylic acids is 1. The highest BCUT2D eigenvalue weighted by Gasteiger charge is 2.34. The lowest BCUT2D eigenvalue weighted by atomic mass is 10.3. The van der Waals surface area contributed by atoms with E-state index in [9.17, 15) is 4.79 Å². The highest BCUT2D eigenvalue weighted by atomic mass is 32.4. The van der Waals surface area contributed by atoms with Gasteiger partial charge in [-0.15, -0.1) is 0 Å². The van der Waals surface area contributed by atoms with Gasteiger partial charge in [0.05, 0.1) is 6.07 Å². The van der Waals surface area contributed by atoms with Gasteiger partial charge in [0.25, 0.3) is 0 Å². The first-order valence-corrected chi connectivity index (χ1v) is 8.05. The fourth-order valence-electron chi connectivity index (χ4n) is 1.53. The highest BCUT2D eigenvalue weighted by Crippen LogP contribution is 2.51. The van der Waals surface area contributed by atoms with Gasteiger partial charge in [-0.05, 0) is 13.8 Å². The van der Waals surface area contributed by atoms with E-state index < -0.39 is 11.9 Å². The van der Waals surface area contributed by atoms with Crippen molar-refractivity contribution in [3.63, 3.8) is 0 Å². The Hall–Kier alpha value is -1.01. The van der Waals surface area contributed by atoms with E-state index in [1.54, 1.807) is 0 Å². The van der Waals surface area contributed by atoms with Gasteiger partial charge in [-0.3, -0.25) is 4.79 Å². The molecule has 5 heteroatoms. The molecular formula is C12H14NO2PS. The molecule has 0 amide bonds. The second-order valence-electron chi connectivity index (χ2n) is 3.49. The van der Waals surface area contributed by atoms with E-state index in [1.165, 1.54) is 6.92 Å². The molecule has 2 atom stereocenters. The Balaban J connectivity index is 3.28. The smallest absolute Gasteiger partial charge is 0.159 e. The monoisotopic (exact) mass is 267 g/mol. The fraction of sp³-hybridized carbons (Fsp3) is 0.333. The van der Waals surface area contributed by atoms with Crippen molar-refractivity contribution in [2.45, 2.75) is 19.5 Å². The van der Waals surface area contributed by atoms with Gasteiger partial charge in [-0.2, -0.15) is 5.26 Å². The number of carbonyl (C=O) groups is 1. The molecule has 0 aliphatic carbocycles. The Morgan fingerprint density at radius 1 is 1.53 bits per heavy atom. The van der Waals surface area contributed by atoms with E-state index in [0.29, 0.717) is 6.61 Å². The van der Waals surface area contributed by atoms with Crippen LogP contribution in [0.25, 0.3) is 0 Å². The first-order valence-electron chi connectivity index (χ1n) is 5.26. The van der Waals surface area contributed by atoms with Gasteiger partial charge < -0.3 is 4.52 Å². The number of benzene rings is 1. The van der Waals surface area contributed by atoms with Gasteiger partial charge in [-0.25, -0.2) is 0 Å². The third-order valence-corrected chi connectivity index (χ3v) is 6.68. The Kier molecular flexibility index (Phi) is 5.02. The Labute approximate surface area is 106 Å². The average molecular weight is 267 g/mol. The summed E-state index contributed by atoms with van der Waals surface area (Å²) in [5.74, 6) is -0.229. The van der Waals surface area contributed by atoms with Gasteiger partial charge in [-0.1, -0.05) is 42.1 Å². The number of Topliss-reactive ketones (excluding diaryl/α,β-unsaturated/α-hetero) is 1. The van der Waals surface area contributed by atoms with Crippen molar-refractivity contribution in [3.05, 3.63) is 30.3 Å². The van der Waals surface area contributed by atoms with Crippen molar-refractivity contribution in [1.82, 2.24) is 0 Å². The summed E-state index contributed by atoms with van der Waals surface area (Å²) in [7, 11) is 0. The maximum Gasteiger partial charge on any atom is 0.159 e. The second kappa shape index (κ2) is 6.07. The predicted molar refractivity (Wildman–Crippen MR) is 72.1 cm³/mol. The molecule has 1 aromatic carbocycles. The minimum atomic E-state index is -2.62. The number of nitriles is 1. The minimum absolute atomic E-state index is 0.229. The molecule has 1 rings (SSSR count). The molecule has 0 radical (unpaired) electrons. The molecule has 0 heterocycles. The van der Waals surface area contributed by atoms with Crippen LogP contribution in [0.15, 0.2) is 30.3 Å². The third-order valence-electron chi connectivity index (χ3n) is 2.28. The number of ketones is 1. The van der Waals surface area contributed by atoms with E-state index >= 15 is 0 Å². The molecule has 0 aliphatic rings. The van der Waals surface area contributed by atoms with Crippen molar-refractivity contribution in [1.29, 1.82) is 5.26 Å². The molecule has 1 aromatic rings. The lowest BCUT2D eigenvalue weighted by Gasteiger charge is -2.25. The fourth-order valence-corrected chi connectivity index (χ4v) is 5.00. The largest absolute Gasteiger partial charge is 0.345 e. The molecule has 17 heavy (non-hydrogen) atoms. The Morgan fingerprint density at radius 3 is 2.53 bits per heavy atom. The summed E-state index contributed by atoms with van der Waals surface area (Å²) in [6.07, 6.45) is -2.62. The number of hydrogen-bond acceptors (Lipinski definition) is 4. The molecule has 0 fully saturated rings. The minimum Gasteiger partial charge on any atom is -0.345 e. The van der Waals surface area contributed by atoms with Crippen molar-refractivity contribution < 1.29 is 9.32 Å². The summed E-state index contributed by atoms with van der Waals surface area (Å²) < 4.78 is 5.61. The highest BCUT2D eigenvalue weighted by molar-refractivity contribution is 8.16. The Bertz CT molecular complexity index is 481. The van der Waals surface area contributed by atoms with Crippen LogP contribution in [0.4, 0.5) is 0 Å². The molecule has 3 nitrogen and oxygen atoms in total. The third kappa shape index (κ3) is 3.01. The molecule has 0 N–H and O–H groups in total. The lowest BCUT2D eigenvalue weighted by molar-refractivity contribution is -0.115. The molecule has 0 unspecified atom stereocenters. The number of nitrogens with zero attached hydrogens (tertiary/aromatic N) is 1. The molecule has 90 valence electrons. The number of hydrogen-bond donors (Lipinski definition) is 0. The van der Waals surface area contributed by atoms with E-state index in [0.717, 1.165) is 5.30 Å². The van der Waals surface area contributed by atoms with Crippen LogP contribution in [0.1, 0.15) is 13.8 Å². The van der Waals surface area contributed by atoms with Crippen molar-refractivity contribution >= 4 is 29.2 Å². The summed E-state index contributed by atoms with van der Waals surface area (Å²) in [6, 6.07) is 11.2. The molecule has 0 spiro atoms. The molecule has 0 aliphatic heterocycles. The molecule has 0 aromatic heterocycles. The SMILES string of the molecule is CCO[P@](=S)(c1ccccc1)[C@H](C#N)C(C)=O. The van der Waals surface area contributed by atoms with Crippen LogP contribution in [0.2, 0.25) is 0 Å². The second-order valence-corrected chi connectivity index (χ2v) is 7.61. The summed E-state index contributed by atoms with van der Waals surface area (Å²) in [5.41, 5.74) is -0.861. The summed E-state index contributed by atoms with van der Waals surface area (Å²) >= 11 is 5.51. The van der Waals surface area contributed by atoms with Crippen LogP contribution in [-0.2, 0) is 21.1 Å². The lowest BCUT2D eigenvalue weighted by Crippen LogP contribution is -2.24. The normalized spacial score (nSPS) is 15.6. The topological polar surface area (TPSA) is 50.1 Å². The van der Waals surface area contributed by atoms with E-state index in [-0.39, 0.29) is 5.78 Å². The van der Waals surface area contributed by atoms with Gasteiger partial charge >= 0.3 is 0 Å². The molecular weight excluding hydrogens is 253 g/mol. The molecule has 0 bridgehead atoms. The van der Waals surface area contributed by atoms with Crippen molar-refractivity contribution in [3.8, 4) is 6.07 Å². The molecule has 0 saturated carbocycles. The van der Waals surface area contributed by atoms with Crippen LogP contribution in [0, 0.1) is 11.3 Å². The standard InChI is InChI=1S/C12H14NO2PS/c1-3-15-16(17,12(9-13)10(2)14)11-7-5-4-6-8-11/h4-8,12H,3H2,1-2H3/t12-,16+/m1/s1. The van der Waals surface area contributed by atoms with Gasteiger partial charge in [0.1, 0.15) is 6.26 Å². The van der Waals surface area contributed by atoms with Gasteiger partial charge in [0.15, 0.2) is 11.4 Å². The van der Waals surface area contributed by atoms with Crippen LogP contribution >= 0.6 is 6.26 Å². The predicted octanol–water partition coefficient (Wildman–Crippen LogP) is 2.22. The van der Waals surface area contributed by atoms with Gasteiger partial charge in [0.2, 0.25) is 0 Å². The van der Waals surface area contributed by atoms with Crippen LogP contribution in [0.5, 0.6) is 0 Å². The first kappa shape index (κ1) is 14.1.